The Kier molecular flexibility index (Phi) is 3.36. The number of rotatable bonds is 1. The molecule has 1 N–H and O–H groups in total. The smallest absolute Gasteiger partial charge is 0.158 e. The summed E-state index contributed by atoms with van der Waals surface area (Å²) < 4.78 is 1.53. The Labute approximate surface area is 119 Å². The van der Waals surface area contributed by atoms with Gasteiger partial charge in [-0.05, 0) is 19.4 Å². The molecule has 0 saturated carbocycles. The van der Waals surface area contributed by atoms with Crippen molar-refractivity contribution in [3.05, 3.63) is 27.1 Å². The number of nitrogens with one attached hydrogen (secondary N) is 1. The molecule has 1 atom stereocenters. The molecular formula is C11H11Cl3N4. The molecule has 3 rings (SSSR count). The number of aromatic nitrogens is 3. The maximum absolute atomic E-state index is 6.11. The highest BCUT2D eigenvalue weighted by molar-refractivity contribution is 6.47. The van der Waals surface area contributed by atoms with Gasteiger partial charge in [0.25, 0.3) is 0 Å². The van der Waals surface area contributed by atoms with Crippen LogP contribution in [0, 0.1) is 0 Å². The van der Waals surface area contributed by atoms with Crippen LogP contribution in [-0.4, -0.2) is 21.1 Å². The van der Waals surface area contributed by atoms with Gasteiger partial charge in [0.05, 0.1) is 11.7 Å². The number of nitrogens with zero attached hydrogens (tertiary/aromatic N) is 3. The summed E-state index contributed by atoms with van der Waals surface area (Å²) in [6.07, 6.45) is 3.48. The zero-order chi connectivity index (χ0) is 12.7. The molecule has 4 nitrogen and oxygen atoms in total. The molecular weight excluding hydrogens is 295 g/mol. The molecule has 2 aromatic heterocycles. The number of hydrogen-bond acceptors (Lipinski definition) is 3. The minimum absolute atomic E-state index is 0.206. The molecule has 1 aliphatic rings. The first kappa shape index (κ1) is 12.5. The third-order valence-corrected chi connectivity index (χ3v) is 4.31. The van der Waals surface area contributed by atoms with E-state index in [0.29, 0.717) is 10.8 Å². The summed E-state index contributed by atoms with van der Waals surface area (Å²) in [4.78, 5) is 4.17. The fourth-order valence-corrected chi connectivity index (χ4v) is 2.78. The van der Waals surface area contributed by atoms with Crippen LogP contribution in [0.25, 0.3) is 5.65 Å². The second-order valence-electron chi connectivity index (χ2n) is 4.35. The van der Waals surface area contributed by atoms with E-state index in [1.807, 2.05) is 6.07 Å². The lowest BCUT2D eigenvalue weighted by Gasteiger charge is -2.21. The van der Waals surface area contributed by atoms with Crippen molar-refractivity contribution in [2.24, 2.45) is 0 Å². The highest BCUT2D eigenvalue weighted by atomic mass is 35.5. The van der Waals surface area contributed by atoms with Gasteiger partial charge in [0, 0.05) is 6.07 Å². The van der Waals surface area contributed by atoms with Crippen molar-refractivity contribution in [1.82, 2.24) is 19.9 Å². The lowest BCUT2D eigenvalue weighted by atomic mass is 10.0. The van der Waals surface area contributed by atoms with E-state index in [1.54, 1.807) is 0 Å². The van der Waals surface area contributed by atoms with Crippen molar-refractivity contribution in [3.8, 4) is 0 Å². The predicted molar refractivity (Wildman–Crippen MR) is 72.6 cm³/mol. The molecule has 7 heteroatoms. The largest absolute Gasteiger partial charge is 0.309 e. The van der Waals surface area contributed by atoms with Gasteiger partial charge in [-0.2, -0.15) is 5.10 Å². The van der Waals surface area contributed by atoms with E-state index in [-0.39, 0.29) is 16.2 Å². The van der Waals surface area contributed by atoms with E-state index in [1.165, 1.54) is 17.4 Å². The van der Waals surface area contributed by atoms with Crippen LogP contribution in [0.5, 0.6) is 0 Å². The monoisotopic (exact) mass is 304 g/mol. The second-order valence-corrected chi connectivity index (χ2v) is 5.44. The molecule has 0 spiro atoms. The van der Waals surface area contributed by atoms with Crippen LogP contribution < -0.4 is 5.32 Å². The van der Waals surface area contributed by atoms with Gasteiger partial charge in [0.1, 0.15) is 5.02 Å². The molecule has 3 heterocycles. The van der Waals surface area contributed by atoms with Crippen molar-refractivity contribution < 1.29 is 0 Å². The minimum atomic E-state index is 0.206. The Balaban J connectivity index is 2.07. The summed E-state index contributed by atoms with van der Waals surface area (Å²) in [7, 11) is 0. The topological polar surface area (TPSA) is 42.2 Å². The maximum Gasteiger partial charge on any atom is 0.158 e. The van der Waals surface area contributed by atoms with Crippen LogP contribution in [-0.2, 0) is 0 Å². The average molecular weight is 306 g/mol. The van der Waals surface area contributed by atoms with Crippen LogP contribution in [0.4, 0.5) is 0 Å². The first-order valence-electron chi connectivity index (χ1n) is 5.80. The van der Waals surface area contributed by atoms with Gasteiger partial charge in [0.15, 0.2) is 16.0 Å². The summed E-state index contributed by atoms with van der Waals surface area (Å²) in [6.45, 7) is 1.02. The zero-order valence-corrected chi connectivity index (χ0v) is 11.7. The number of halogens is 3. The molecule has 1 saturated heterocycles. The Bertz CT molecular complexity index is 589. The van der Waals surface area contributed by atoms with Crippen LogP contribution in [0.2, 0.25) is 15.3 Å². The summed E-state index contributed by atoms with van der Waals surface area (Å²) >= 11 is 18.0. The molecule has 1 unspecified atom stereocenters. The lowest BCUT2D eigenvalue weighted by Crippen LogP contribution is -2.27. The molecule has 0 aromatic carbocycles. The van der Waals surface area contributed by atoms with Gasteiger partial charge in [0.2, 0.25) is 0 Å². The van der Waals surface area contributed by atoms with Gasteiger partial charge >= 0.3 is 0 Å². The third kappa shape index (κ3) is 2.07. The zero-order valence-electron chi connectivity index (χ0n) is 9.46. The summed E-state index contributed by atoms with van der Waals surface area (Å²) in [5, 5.41) is 8.63. The number of hydrogen-bond donors (Lipinski definition) is 1. The Morgan fingerprint density at radius 3 is 2.83 bits per heavy atom. The summed E-state index contributed by atoms with van der Waals surface area (Å²) in [5.74, 6) is 0. The first-order valence-corrected chi connectivity index (χ1v) is 6.94. The van der Waals surface area contributed by atoms with Crippen molar-refractivity contribution in [2.75, 3.05) is 6.54 Å². The van der Waals surface area contributed by atoms with Gasteiger partial charge < -0.3 is 5.32 Å². The quantitative estimate of drug-likeness (QED) is 0.820. The predicted octanol–water partition coefficient (Wildman–Crippen LogP) is 3.50. The molecule has 2 aromatic rings. The van der Waals surface area contributed by atoms with Crippen LogP contribution in [0.1, 0.15) is 31.0 Å². The van der Waals surface area contributed by atoms with Gasteiger partial charge in [-0.1, -0.05) is 41.2 Å². The van der Waals surface area contributed by atoms with Crippen molar-refractivity contribution >= 4 is 40.4 Å². The Morgan fingerprint density at radius 1 is 1.28 bits per heavy atom. The highest BCUT2D eigenvalue weighted by Crippen LogP contribution is 2.30. The van der Waals surface area contributed by atoms with Gasteiger partial charge in [-0.15, -0.1) is 0 Å². The lowest BCUT2D eigenvalue weighted by molar-refractivity contribution is 0.404. The molecule has 0 aliphatic carbocycles. The first-order chi connectivity index (χ1) is 8.66. The van der Waals surface area contributed by atoms with E-state index >= 15 is 0 Å². The number of fused-ring (bicyclic) bond motifs is 1. The van der Waals surface area contributed by atoms with E-state index in [0.717, 1.165) is 18.7 Å². The van der Waals surface area contributed by atoms with Gasteiger partial charge in [-0.25, -0.2) is 9.50 Å². The molecule has 18 heavy (non-hydrogen) atoms. The maximum atomic E-state index is 6.11. The summed E-state index contributed by atoms with van der Waals surface area (Å²) in [6, 6.07) is 2.16. The second kappa shape index (κ2) is 4.85. The Hall–Kier alpha value is -0.550. The van der Waals surface area contributed by atoms with Crippen molar-refractivity contribution in [3.63, 3.8) is 0 Å². The molecule has 96 valence electrons. The van der Waals surface area contributed by atoms with E-state index in [4.69, 9.17) is 34.8 Å². The fraction of sp³-hybridized carbons (Fsp3) is 0.455. The van der Waals surface area contributed by atoms with Crippen LogP contribution in [0.15, 0.2) is 6.07 Å². The third-order valence-electron chi connectivity index (χ3n) is 3.14. The molecule has 1 fully saturated rings. The normalized spacial score (nSPS) is 20.5. The van der Waals surface area contributed by atoms with Gasteiger partial charge in [-0.3, -0.25) is 0 Å². The molecule has 0 bridgehead atoms. The molecule has 1 aliphatic heterocycles. The van der Waals surface area contributed by atoms with E-state index in [2.05, 4.69) is 15.4 Å². The average Bonchev–Trinajstić information content (AvgIpc) is 2.81. The highest BCUT2D eigenvalue weighted by Gasteiger charge is 2.20. The minimum Gasteiger partial charge on any atom is -0.309 e. The Morgan fingerprint density at radius 2 is 2.11 bits per heavy atom. The van der Waals surface area contributed by atoms with E-state index in [9.17, 15) is 0 Å². The van der Waals surface area contributed by atoms with Crippen molar-refractivity contribution in [1.29, 1.82) is 0 Å². The van der Waals surface area contributed by atoms with Crippen molar-refractivity contribution in [2.45, 2.75) is 25.3 Å². The summed E-state index contributed by atoms with van der Waals surface area (Å²) in [5.41, 5.74) is 1.55. The molecule has 0 radical (unpaired) electrons. The fourth-order valence-electron chi connectivity index (χ4n) is 2.22. The van der Waals surface area contributed by atoms with E-state index < -0.39 is 0 Å². The number of piperidine rings is 1. The SMILES string of the molecule is Clc1nc2cc(C3CCCCN3)nn2c(Cl)c1Cl. The molecule has 0 amide bonds. The standard InChI is InChI=1S/C11H11Cl3N4/c12-9-10(13)16-8-5-7(17-18(8)11(9)14)6-3-1-2-4-15-6/h5-6,15H,1-4H2. The van der Waals surface area contributed by atoms with Crippen LogP contribution in [0.3, 0.4) is 0 Å². The van der Waals surface area contributed by atoms with Crippen LogP contribution >= 0.6 is 34.8 Å².